The van der Waals surface area contributed by atoms with Crippen LogP contribution in [-0.4, -0.2) is 19.4 Å². The van der Waals surface area contributed by atoms with Gasteiger partial charge in [0.05, 0.1) is 5.65 Å². The van der Waals surface area contributed by atoms with E-state index >= 15 is 0 Å². The van der Waals surface area contributed by atoms with Crippen LogP contribution >= 0.6 is 0 Å². The molecule has 0 spiro atoms. The average Bonchev–Trinajstić information content (AvgIpc) is 3.01. The quantitative estimate of drug-likeness (QED) is 0.200. The van der Waals surface area contributed by atoms with E-state index in [0.717, 1.165) is 27.6 Å². The first-order chi connectivity index (χ1) is 11.7. The standard InChI is InChI=1S/C20H15N4.CH3.Ir.Y/c1-12(2)13-7-8-17-16(11-13)14-5-3-4-6-15(14)19-23-18-20(24(17)19)22-10-9-21-18;;;/h3-5,7-12H,1-2H3;1H3;;/q2*-1;;. The van der Waals surface area contributed by atoms with Crippen LogP contribution in [-0.2, 0) is 52.8 Å². The third-order valence-electron chi connectivity index (χ3n) is 4.59. The fourth-order valence-electron chi connectivity index (χ4n) is 3.38. The van der Waals surface area contributed by atoms with Gasteiger partial charge in [0, 0.05) is 70.7 Å². The van der Waals surface area contributed by atoms with Gasteiger partial charge in [-0.05, 0) is 22.9 Å². The third kappa shape index (κ3) is 3.36. The summed E-state index contributed by atoms with van der Waals surface area (Å²) in [7, 11) is 0. The Hall–Kier alpha value is -1.26. The summed E-state index contributed by atoms with van der Waals surface area (Å²) in [5.41, 5.74) is 4.73. The molecule has 0 fully saturated rings. The Morgan fingerprint density at radius 3 is 2.56 bits per heavy atom. The molecule has 136 valence electrons. The van der Waals surface area contributed by atoms with Gasteiger partial charge >= 0.3 is 0 Å². The first kappa shape index (κ1) is 22.0. The second-order valence-electron chi connectivity index (χ2n) is 6.36. The van der Waals surface area contributed by atoms with Crippen molar-refractivity contribution in [3.8, 4) is 0 Å². The minimum atomic E-state index is 0. The van der Waals surface area contributed by atoms with E-state index in [1.165, 1.54) is 10.9 Å². The summed E-state index contributed by atoms with van der Waals surface area (Å²) in [5, 5.41) is 3.37. The topological polar surface area (TPSA) is 43.1 Å². The van der Waals surface area contributed by atoms with E-state index < -0.39 is 0 Å². The van der Waals surface area contributed by atoms with E-state index in [1.807, 2.05) is 12.1 Å². The van der Waals surface area contributed by atoms with Crippen LogP contribution in [0.5, 0.6) is 0 Å². The Labute approximate surface area is 197 Å². The van der Waals surface area contributed by atoms with E-state index in [0.29, 0.717) is 11.6 Å². The van der Waals surface area contributed by atoms with Gasteiger partial charge in [0.1, 0.15) is 0 Å². The molecule has 0 amide bonds. The third-order valence-corrected chi connectivity index (χ3v) is 4.59. The predicted octanol–water partition coefficient (Wildman–Crippen LogP) is 4.95. The summed E-state index contributed by atoms with van der Waals surface area (Å²) < 4.78 is 2.10. The molecule has 3 heterocycles. The Morgan fingerprint density at radius 2 is 1.78 bits per heavy atom. The molecule has 0 aliphatic rings. The Bertz CT molecular complexity index is 1250. The fourth-order valence-corrected chi connectivity index (χ4v) is 3.38. The van der Waals surface area contributed by atoms with Crippen LogP contribution in [0.4, 0.5) is 0 Å². The Kier molecular flexibility index (Phi) is 6.86. The number of nitrogens with zero attached hydrogens (tertiary/aromatic N) is 4. The van der Waals surface area contributed by atoms with Crippen molar-refractivity contribution in [2.75, 3.05) is 0 Å². The second kappa shape index (κ2) is 8.40. The summed E-state index contributed by atoms with van der Waals surface area (Å²) in [6.07, 6.45) is 3.39. The summed E-state index contributed by atoms with van der Waals surface area (Å²) in [5.74, 6) is 0.479. The maximum atomic E-state index is 4.71. The maximum absolute atomic E-state index is 4.71. The molecule has 0 atom stereocenters. The number of hydrogen-bond donors (Lipinski definition) is 0. The minimum absolute atomic E-state index is 0. The number of pyridine rings is 1. The van der Waals surface area contributed by atoms with Crippen molar-refractivity contribution in [2.24, 2.45) is 0 Å². The largest absolute Gasteiger partial charge is 0.358 e. The van der Waals surface area contributed by atoms with E-state index in [2.05, 4.69) is 58.5 Å². The van der Waals surface area contributed by atoms with E-state index in [-0.39, 0.29) is 60.2 Å². The number of rotatable bonds is 1. The minimum Gasteiger partial charge on any atom is -0.358 e. The van der Waals surface area contributed by atoms with Gasteiger partial charge in [-0.2, -0.15) is 0 Å². The zero-order valence-corrected chi connectivity index (χ0v) is 20.6. The van der Waals surface area contributed by atoms with Crippen LogP contribution in [0.1, 0.15) is 25.3 Å². The number of benzene rings is 2. The molecule has 27 heavy (non-hydrogen) atoms. The molecule has 0 N–H and O–H groups in total. The first-order valence-corrected chi connectivity index (χ1v) is 8.09. The van der Waals surface area contributed by atoms with Gasteiger partial charge in [-0.25, -0.2) is 9.97 Å². The molecule has 0 aliphatic carbocycles. The predicted molar refractivity (Wildman–Crippen MR) is 103 cm³/mol. The molecule has 2 radical (unpaired) electrons. The molecule has 0 unspecified atom stereocenters. The van der Waals surface area contributed by atoms with E-state index in [1.54, 1.807) is 12.4 Å². The van der Waals surface area contributed by atoms with Gasteiger partial charge in [-0.15, -0.1) is 29.7 Å². The van der Waals surface area contributed by atoms with Crippen molar-refractivity contribution in [2.45, 2.75) is 19.8 Å². The summed E-state index contributed by atoms with van der Waals surface area (Å²) in [6.45, 7) is 4.43. The summed E-state index contributed by atoms with van der Waals surface area (Å²) in [4.78, 5) is 13.6. The van der Waals surface area contributed by atoms with Crippen LogP contribution in [0.25, 0.3) is 38.6 Å². The van der Waals surface area contributed by atoms with Gasteiger partial charge in [-0.3, -0.25) is 4.98 Å². The number of aromatic nitrogens is 4. The normalized spacial score (nSPS) is 10.8. The Morgan fingerprint density at radius 1 is 1.00 bits per heavy atom. The van der Waals surface area contributed by atoms with Crippen LogP contribution in [0, 0.1) is 13.5 Å². The van der Waals surface area contributed by atoms with Crippen LogP contribution in [0.15, 0.2) is 48.8 Å². The molecule has 0 bridgehead atoms. The fraction of sp³-hybridized carbons (Fsp3) is 0.143. The van der Waals surface area contributed by atoms with Crippen molar-refractivity contribution in [1.29, 1.82) is 0 Å². The maximum Gasteiger partial charge on any atom is 0.188 e. The molecular weight excluding hydrogens is 589 g/mol. The number of hydrogen-bond acceptors (Lipinski definition) is 3. The monoisotopic (exact) mass is 608 g/mol. The van der Waals surface area contributed by atoms with Gasteiger partial charge in [-0.1, -0.05) is 31.4 Å². The smallest absolute Gasteiger partial charge is 0.188 e. The molecule has 0 saturated carbocycles. The van der Waals surface area contributed by atoms with Gasteiger partial charge < -0.3 is 11.8 Å². The van der Waals surface area contributed by atoms with E-state index in [4.69, 9.17) is 4.98 Å². The molecule has 0 aliphatic heterocycles. The first-order valence-electron chi connectivity index (χ1n) is 8.09. The van der Waals surface area contributed by atoms with Gasteiger partial charge in [0.2, 0.25) is 0 Å². The van der Waals surface area contributed by atoms with Crippen molar-refractivity contribution < 1.29 is 52.8 Å². The molecular formula is C21H18IrN4Y-2. The Balaban J connectivity index is 0.000000871. The molecule has 2 aromatic carbocycles. The van der Waals surface area contributed by atoms with E-state index in [9.17, 15) is 0 Å². The average molecular weight is 608 g/mol. The van der Waals surface area contributed by atoms with Gasteiger partial charge in [0.25, 0.3) is 0 Å². The summed E-state index contributed by atoms with van der Waals surface area (Å²) in [6, 6.07) is 16.1. The van der Waals surface area contributed by atoms with Crippen LogP contribution < -0.4 is 0 Å². The van der Waals surface area contributed by atoms with Crippen LogP contribution in [0.3, 0.4) is 0 Å². The molecule has 3 aromatic heterocycles. The van der Waals surface area contributed by atoms with Crippen molar-refractivity contribution in [3.05, 3.63) is 67.8 Å². The number of imidazole rings is 1. The van der Waals surface area contributed by atoms with Crippen molar-refractivity contribution >= 4 is 38.6 Å². The second-order valence-corrected chi connectivity index (χ2v) is 6.36. The van der Waals surface area contributed by atoms with Crippen molar-refractivity contribution in [1.82, 2.24) is 19.4 Å². The molecule has 0 saturated heterocycles. The molecule has 5 aromatic rings. The molecule has 5 rings (SSSR count). The van der Waals surface area contributed by atoms with Crippen molar-refractivity contribution in [3.63, 3.8) is 0 Å². The summed E-state index contributed by atoms with van der Waals surface area (Å²) >= 11 is 0. The molecule has 4 nitrogen and oxygen atoms in total. The molecule has 6 heteroatoms. The number of fused-ring (bicyclic) bond motifs is 8. The van der Waals surface area contributed by atoms with Crippen LogP contribution in [0.2, 0.25) is 0 Å². The SMILES string of the molecule is CC(C)c1ccc2c(c1)c1ccc[c-]c1c1nc3nccnc3n21.[CH3-].[Ir].[Y]. The zero-order valence-electron chi connectivity index (χ0n) is 15.4. The zero-order chi connectivity index (χ0) is 16.3. The van der Waals surface area contributed by atoms with Gasteiger partial charge in [0.15, 0.2) is 11.3 Å².